The molecule has 0 spiro atoms. The number of methoxy groups -OCH3 is 2. The first-order valence-corrected chi connectivity index (χ1v) is 9.85. The summed E-state index contributed by atoms with van der Waals surface area (Å²) < 4.78 is 10.5. The Bertz CT molecular complexity index is 660. The Morgan fingerprint density at radius 3 is 2.04 bits per heavy atom. The van der Waals surface area contributed by atoms with E-state index >= 15 is 0 Å². The molecule has 1 aromatic carbocycles. The molecule has 2 unspecified atom stereocenters. The highest BCUT2D eigenvalue weighted by Crippen LogP contribution is 2.24. The van der Waals surface area contributed by atoms with E-state index in [1.807, 2.05) is 25.7 Å². The topological polar surface area (TPSA) is 93.9 Å². The fourth-order valence-corrected chi connectivity index (χ4v) is 3.52. The van der Waals surface area contributed by atoms with Gasteiger partial charge in [-0.15, -0.1) is 0 Å². The lowest BCUT2D eigenvalue weighted by molar-refractivity contribution is -0.135. The summed E-state index contributed by atoms with van der Waals surface area (Å²) in [5.74, 6) is 1.09. The monoisotopic (exact) mass is 391 g/mol. The minimum atomic E-state index is -0.587. The first kappa shape index (κ1) is 22.0. The average Bonchev–Trinajstić information content (AvgIpc) is 2.70. The van der Waals surface area contributed by atoms with E-state index in [1.165, 1.54) is 14.2 Å². The van der Waals surface area contributed by atoms with Gasteiger partial charge in [0.05, 0.1) is 14.2 Å². The summed E-state index contributed by atoms with van der Waals surface area (Å²) in [5, 5.41) is 2.90. The van der Waals surface area contributed by atoms with Gasteiger partial charge in [-0.3, -0.25) is 9.59 Å². The number of carbonyl (C=O) groups is 2. The van der Waals surface area contributed by atoms with Crippen molar-refractivity contribution >= 4 is 11.8 Å². The van der Waals surface area contributed by atoms with Crippen LogP contribution in [0, 0.1) is 11.8 Å². The Labute approximate surface area is 167 Å². The highest BCUT2D eigenvalue weighted by molar-refractivity contribution is 5.98. The molecule has 28 heavy (non-hydrogen) atoms. The molecule has 2 amide bonds. The van der Waals surface area contributed by atoms with Crippen LogP contribution >= 0.6 is 0 Å². The van der Waals surface area contributed by atoms with Crippen molar-refractivity contribution < 1.29 is 19.1 Å². The van der Waals surface area contributed by atoms with Crippen molar-refractivity contribution in [3.8, 4) is 11.5 Å². The number of nitrogens with one attached hydrogen (secondary N) is 1. The summed E-state index contributed by atoms with van der Waals surface area (Å²) in [6, 6.07) is 4.52. The fraction of sp³-hybridized carbons (Fsp3) is 0.619. The molecule has 1 aliphatic rings. The van der Waals surface area contributed by atoms with Crippen LogP contribution in [-0.2, 0) is 4.79 Å². The Balaban J connectivity index is 2.10. The molecule has 2 rings (SSSR count). The van der Waals surface area contributed by atoms with E-state index in [1.54, 1.807) is 18.2 Å². The molecule has 1 heterocycles. The Hall–Kier alpha value is -2.28. The minimum Gasteiger partial charge on any atom is -0.497 e. The van der Waals surface area contributed by atoms with E-state index in [0.29, 0.717) is 36.1 Å². The van der Waals surface area contributed by atoms with Crippen molar-refractivity contribution in [1.29, 1.82) is 0 Å². The van der Waals surface area contributed by atoms with Crippen molar-refractivity contribution in [2.45, 2.75) is 45.7 Å². The van der Waals surface area contributed by atoms with Crippen LogP contribution in [0.4, 0.5) is 0 Å². The van der Waals surface area contributed by atoms with E-state index in [9.17, 15) is 9.59 Å². The van der Waals surface area contributed by atoms with Crippen LogP contribution in [0.5, 0.6) is 11.5 Å². The summed E-state index contributed by atoms with van der Waals surface area (Å²) in [6.07, 6.45) is 1.80. The van der Waals surface area contributed by atoms with Gasteiger partial charge in [-0.2, -0.15) is 0 Å². The summed E-state index contributed by atoms with van der Waals surface area (Å²) in [5.41, 5.74) is 6.39. The number of hydrogen-bond acceptors (Lipinski definition) is 5. The smallest absolute Gasteiger partial charge is 0.252 e. The number of hydrogen-bond donors (Lipinski definition) is 2. The summed E-state index contributed by atoms with van der Waals surface area (Å²) in [6.45, 7) is 7.24. The second-order valence-corrected chi connectivity index (χ2v) is 7.82. The molecule has 7 heteroatoms. The highest BCUT2D eigenvalue weighted by Gasteiger charge is 2.32. The zero-order valence-electron chi connectivity index (χ0n) is 17.5. The van der Waals surface area contributed by atoms with Crippen LogP contribution in [-0.4, -0.2) is 56.1 Å². The van der Waals surface area contributed by atoms with Crippen molar-refractivity contribution in [2.75, 3.05) is 27.3 Å². The third-order valence-corrected chi connectivity index (χ3v) is 5.43. The van der Waals surface area contributed by atoms with Crippen LogP contribution in [0.25, 0.3) is 0 Å². The Morgan fingerprint density at radius 2 is 1.61 bits per heavy atom. The fourth-order valence-electron chi connectivity index (χ4n) is 3.52. The van der Waals surface area contributed by atoms with Crippen LogP contribution in [0.1, 0.15) is 44.0 Å². The van der Waals surface area contributed by atoms with Gasteiger partial charge in [0.25, 0.3) is 5.91 Å². The largest absolute Gasteiger partial charge is 0.497 e. The lowest BCUT2D eigenvalue weighted by Crippen LogP contribution is -2.53. The van der Waals surface area contributed by atoms with Crippen LogP contribution in [0.2, 0.25) is 0 Å². The van der Waals surface area contributed by atoms with Crippen molar-refractivity contribution in [1.82, 2.24) is 10.2 Å². The van der Waals surface area contributed by atoms with Gasteiger partial charge in [-0.05, 0) is 43.7 Å². The number of carbonyl (C=O) groups excluding carboxylic acids is 2. The van der Waals surface area contributed by atoms with E-state index in [4.69, 9.17) is 15.2 Å². The van der Waals surface area contributed by atoms with Crippen LogP contribution in [0.3, 0.4) is 0 Å². The van der Waals surface area contributed by atoms with Crippen LogP contribution < -0.4 is 20.5 Å². The van der Waals surface area contributed by atoms with Gasteiger partial charge in [0, 0.05) is 30.8 Å². The zero-order chi connectivity index (χ0) is 20.8. The van der Waals surface area contributed by atoms with Gasteiger partial charge in [0.15, 0.2) is 0 Å². The van der Waals surface area contributed by atoms with E-state index in [0.717, 1.165) is 12.8 Å². The predicted molar refractivity (Wildman–Crippen MR) is 109 cm³/mol. The Morgan fingerprint density at radius 1 is 1.07 bits per heavy atom. The number of ether oxygens (including phenoxy) is 2. The maximum atomic E-state index is 13.1. The van der Waals surface area contributed by atoms with E-state index in [2.05, 4.69) is 5.32 Å². The molecule has 7 nitrogen and oxygen atoms in total. The minimum absolute atomic E-state index is 0.0323. The molecule has 0 saturated carbocycles. The average molecular weight is 392 g/mol. The molecule has 0 radical (unpaired) electrons. The van der Waals surface area contributed by atoms with E-state index in [-0.39, 0.29) is 23.8 Å². The molecule has 1 fully saturated rings. The van der Waals surface area contributed by atoms with E-state index < -0.39 is 6.04 Å². The van der Waals surface area contributed by atoms with Crippen molar-refractivity contribution in [3.63, 3.8) is 0 Å². The lowest BCUT2D eigenvalue weighted by atomic mass is 9.90. The summed E-state index contributed by atoms with van der Waals surface area (Å²) >= 11 is 0. The number of amides is 2. The Kier molecular flexibility index (Phi) is 7.69. The number of rotatable bonds is 7. The van der Waals surface area contributed by atoms with Crippen molar-refractivity contribution in [2.24, 2.45) is 17.6 Å². The second-order valence-electron chi connectivity index (χ2n) is 7.82. The lowest BCUT2D eigenvalue weighted by Gasteiger charge is -2.36. The third-order valence-electron chi connectivity index (χ3n) is 5.43. The molecule has 1 aliphatic heterocycles. The molecule has 156 valence electrons. The first-order chi connectivity index (χ1) is 13.3. The normalized spacial score (nSPS) is 17.2. The zero-order valence-corrected chi connectivity index (χ0v) is 17.5. The predicted octanol–water partition coefficient (Wildman–Crippen LogP) is 2.04. The first-order valence-electron chi connectivity index (χ1n) is 9.85. The molecule has 0 aromatic heterocycles. The molecule has 0 bridgehead atoms. The van der Waals surface area contributed by atoms with Crippen molar-refractivity contribution in [3.05, 3.63) is 23.8 Å². The maximum Gasteiger partial charge on any atom is 0.252 e. The molecular weight excluding hydrogens is 358 g/mol. The maximum absolute atomic E-state index is 13.1. The number of nitrogens with zero attached hydrogens (tertiary/aromatic N) is 1. The van der Waals surface area contributed by atoms with Gasteiger partial charge in [-0.1, -0.05) is 13.8 Å². The molecule has 0 aliphatic carbocycles. The molecule has 1 saturated heterocycles. The molecular formula is C21H33N3O4. The highest BCUT2D eigenvalue weighted by atomic mass is 16.5. The van der Waals surface area contributed by atoms with Gasteiger partial charge < -0.3 is 25.4 Å². The SMILES string of the molecule is COc1cc(OC)cc(C(=O)NC(C(=O)N2CCC(C(C)N)CC2)C(C)C)c1. The standard InChI is InChI=1S/C21H33N3O4/c1-13(2)19(21(26)24-8-6-15(7-9-24)14(3)22)23-20(25)16-10-17(27-4)12-18(11-16)28-5/h10-15,19H,6-9,22H2,1-5H3,(H,23,25). The van der Waals surface area contributed by atoms with Gasteiger partial charge in [0.1, 0.15) is 17.5 Å². The molecule has 2 atom stereocenters. The summed E-state index contributed by atoms with van der Waals surface area (Å²) in [7, 11) is 3.06. The van der Waals surface area contributed by atoms with Gasteiger partial charge >= 0.3 is 0 Å². The quantitative estimate of drug-likeness (QED) is 0.742. The number of likely N-dealkylation sites (tertiary alicyclic amines) is 1. The second kappa shape index (κ2) is 9.78. The third kappa shape index (κ3) is 5.38. The molecule has 1 aromatic rings. The van der Waals surface area contributed by atoms with Gasteiger partial charge in [0.2, 0.25) is 5.91 Å². The molecule has 3 N–H and O–H groups in total. The van der Waals surface area contributed by atoms with Gasteiger partial charge in [-0.25, -0.2) is 0 Å². The number of benzene rings is 1. The van der Waals surface area contributed by atoms with Crippen LogP contribution in [0.15, 0.2) is 18.2 Å². The summed E-state index contributed by atoms with van der Waals surface area (Å²) in [4.78, 5) is 27.7. The number of nitrogens with two attached hydrogens (primary N) is 1. The number of piperidine rings is 1.